The van der Waals surface area contributed by atoms with E-state index in [4.69, 9.17) is 16.0 Å². The number of pyridine rings is 1. The van der Waals surface area contributed by atoms with E-state index in [1.165, 1.54) is 0 Å². The summed E-state index contributed by atoms with van der Waals surface area (Å²) in [5.41, 5.74) is 2.59. The van der Waals surface area contributed by atoms with Crippen LogP contribution in [0.3, 0.4) is 0 Å². The van der Waals surface area contributed by atoms with Crippen LogP contribution in [0.25, 0.3) is 11.2 Å². The second-order valence-electron chi connectivity index (χ2n) is 4.41. The lowest BCUT2D eigenvalue weighted by molar-refractivity contribution is 0.457. The van der Waals surface area contributed by atoms with Gasteiger partial charge in [-0.1, -0.05) is 0 Å². The van der Waals surface area contributed by atoms with Gasteiger partial charge in [-0.3, -0.25) is 0 Å². The first-order chi connectivity index (χ1) is 9.17. The molecule has 98 valence electrons. The van der Waals surface area contributed by atoms with E-state index >= 15 is 0 Å². The molecule has 5 nitrogen and oxygen atoms in total. The molecule has 3 aromatic heterocycles. The Morgan fingerprint density at radius 1 is 1.26 bits per heavy atom. The number of nitrogens with zero attached hydrogens (tertiary/aromatic N) is 4. The van der Waals surface area contributed by atoms with Crippen molar-refractivity contribution >= 4 is 22.8 Å². The highest BCUT2D eigenvalue weighted by molar-refractivity contribution is 6.16. The molecule has 0 aliphatic rings. The molecule has 0 saturated carbocycles. The van der Waals surface area contributed by atoms with Crippen LogP contribution < -0.4 is 0 Å². The molecule has 6 heteroatoms. The standard InChI is InChI=1S/C13H13ClN4O/c1-8-3-4-10-13(16-8)18(11(5-14)17-10)7-12-15-6-9(2)19-12/h3-4,6H,5,7H2,1-2H3. The lowest BCUT2D eigenvalue weighted by Gasteiger charge is -2.04. The van der Waals surface area contributed by atoms with Crippen LogP contribution in [0.2, 0.25) is 0 Å². The van der Waals surface area contributed by atoms with Gasteiger partial charge >= 0.3 is 0 Å². The fourth-order valence-electron chi connectivity index (χ4n) is 2.02. The van der Waals surface area contributed by atoms with Crippen LogP contribution in [0.4, 0.5) is 0 Å². The molecule has 0 amide bonds. The predicted molar refractivity (Wildman–Crippen MR) is 72.2 cm³/mol. The minimum absolute atomic E-state index is 0.328. The van der Waals surface area contributed by atoms with Crippen LogP contribution in [0.1, 0.15) is 23.2 Å². The van der Waals surface area contributed by atoms with Crippen LogP contribution in [0.15, 0.2) is 22.7 Å². The first kappa shape index (κ1) is 12.2. The zero-order valence-corrected chi connectivity index (χ0v) is 11.5. The zero-order valence-electron chi connectivity index (χ0n) is 10.7. The summed E-state index contributed by atoms with van der Waals surface area (Å²) in [5, 5.41) is 0. The van der Waals surface area contributed by atoms with Gasteiger partial charge in [0.1, 0.15) is 23.6 Å². The van der Waals surface area contributed by atoms with E-state index in [1.54, 1.807) is 6.20 Å². The van der Waals surface area contributed by atoms with Crippen molar-refractivity contribution in [2.24, 2.45) is 0 Å². The Morgan fingerprint density at radius 2 is 2.11 bits per heavy atom. The molecule has 0 bridgehead atoms. The van der Waals surface area contributed by atoms with Gasteiger partial charge in [0.15, 0.2) is 5.65 Å². The van der Waals surface area contributed by atoms with Gasteiger partial charge in [-0.05, 0) is 26.0 Å². The average Bonchev–Trinajstić information content (AvgIpc) is 2.94. The summed E-state index contributed by atoms with van der Waals surface area (Å²) < 4.78 is 7.45. The van der Waals surface area contributed by atoms with Crippen LogP contribution in [0, 0.1) is 13.8 Å². The number of alkyl halides is 1. The van der Waals surface area contributed by atoms with E-state index < -0.39 is 0 Å². The van der Waals surface area contributed by atoms with Gasteiger partial charge in [0, 0.05) is 5.69 Å². The van der Waals surface area contributed by atoms with Gasteiger partial charge < -0.3 is 8.98 Å². The minimum Gasteiger partial charge on any atom is -0.444 e. The maximum absolute atomic E-state index is 5.95. The molecule has 3 heterocycles. The Hall–Kier alpha value is -1.88. The van der Waals surface area contributed by atoms with Crippen molar-refractivity contribution < 1.29 is 4.42 Å². The second kappa shape index (κ2) is 4.66. The molecule has 19 heavy (non-hydrogen) atoms. The third-order valence-electron chi connectivity index (χ3n) is 2.89. The van der Waals surface area contributed by atoms with Gasteiger partial charge in [-0.15, -0.1) is 11.6 Å². The number of fused-ring (bicyclic) bond motifs is 1. The third kappa shape index (κ3) is 2.21. The van der Waals surface area contributed by atoms with Crippen molar-refractivity contribution in [2.45, 2.75) is 26.3 Å². The molecular formula is C13H13ClN4O. The van der Waals surface area contributed by atoms with Crippen molar-refractivity contribution in [1.82, 2.24) is 19.5 Å². The summed E-state index contributed by atoms with van der Waals surface area (Å²) >= 11 is 5.95. The Labute approximate surface area is 115 Å². The number of imidazole rings is 1. The number of hydrogen-bond donors (Lipinski definition) is 0. The van der Waals surface area contributed by atoms with Crippen LogP contribution in [-0.4, -0.2) is 19.5 Å². The smallest absolute Gasteiger partial charge is 0.214 e. The molecule has 0 atom stereocenters. The molecule has 0 spiro atoms. The summed E-state index contributed by atoms with van der Waals surface area (Å²) in [6.07, 6.45) is 1.70. The largest absolute Gasteiger partial charge is 0.444 e. The lowest BCUT2D eigenvalue weighted by Crippen LogP contribution is -2.05. The highest BCUT2D eigenvalue weighted by atomic mass is 35.5. The molecule has 0 radical (unpaired) electrons. The first-order valence-corrected chi connectivity index (χ1v) is 6.51. The first-order valence-electron chi connectivity index (χ1n) is 5.97. The highest BCUT2D eigenvalue weighted by Crippen LogP contribution is 2.18. The van der Waals surface area contributed by atoms with Crippen LogP contribution >= 0.6 is 11.6 Å². The van der Waals surface area contributed by atoms with E-state index in [1.807, 2.05) is 30.5 Å². The molecule has 0 aromatic carbocycles. The number of rotatable bonds is 3. The maximum atomic E-state index is 5.95. The molecule has 0 aliphatic carbocycles. The molecule has 0 saturated heterocycles. The molecule has 0 fully saturated rings. The number of aryl methyl sites for hydroxylation is 2. The molecular weight excluding hydrogens is 264 g/mol. The zero-order chi connectivity index (χ0) is 13.4. The Morgan fingerprint density at radius 3 is 2.79 bits per heavy atom. The van der Waals surface area contributed by atoms with Gasteiger partial charge in [0.2, 0.25) is 5.89 Å². The summed E-state index contributed by atoms with van der Waals surface area (Å²) in [6, 6.07) is 3.89. The van der Waals surface area contributed by atoms with Crippen molar-refractivity contribution in [3.8, 4) is 0 Å². The SMILES string of the molecule is Cc1ccc2nc(CCl)n(Cc3ncc(C)o3)c2n1. The van der Waals surface area contributed by atoms with E-state index in [9.17, 15) is 0 Å². The summed E-state index contributed by atoms with van der Waals surface area (Å²) in [7, 11) is 0. The van der Waals surface area contributed by atoms with Crippen LogP contribution in [0.5, 0.6) is 0 Å². The number of oxazole rings is 1. The minimum atomic E-state index is 0.328. The Balaban J connectivity index is 2.12. The summed E-state index contributed by atoms with van der Waals surface area (Å²) in [6.45, 7) is 4.31. The molecule has 3 rings (SSSR count). The third-order valence-corrected chi connectivity index (χ3v) is 3.13. The quantitative estimate of drug-likeness (QED) is 0.690. The average molecular weight is 277 g/mol. The fourth-order valence-corrected chi connectivity index (χ4v) is 2.23. The van der Waals surface area contributed by atoms with Gasteiger partial charge in [-0.25, -0.2) is 15.0 Å². The normalized spacial score (nSPS) is 11.3. The van der Waals surface area contributed by atoms with Gasteiger partial charge in [0.25, 0.3) is 0 Å². The van der Waals surface area contributed by atoms with Crippen LogP contribution in [-0.2, 0) is 12.4 Å². The van der Waals surface area contributed by atoms with E-state index in [2.05, 4.69) is 15.0 Å². The fraction of sp³-hybridized carbons (Fsp3) is 0.308. The second-order valence-corrected chi connectivity index (χ2v) is 4.68. The molecule has 0 aliphatic heterocycles. The van der Waals surface area contributed by atoms with Crippen molar-refractivity contribution in [3.63, 3.8) is 0 Å². The Kier molecular flexibility index (Phi) is 2.98. The summed E-state index contributed by atoms with van der Waals surface area (Å²) in [4.78, 5) is 13.2. The highest BCUT2D eigenvalue weighted by Gasteiger charge is 2.13. The molecule has 0 N–H and O–H groups in total. The Bertz CT molecular complexity index is 731. The number of aromatic nitrogens is 4. The van der Waals surface area contributed by atoms with Gasteiger partial charge in [-0.2, -0.15) is 0 Å². The maximum Gasteiger partial charge on any atom is 0.214 e. The molecule has 3 aromatic rings. The molecule has 0 unspecified atom stereocenters. The number of halogens is 1. The topological polar surface area (TPSA) is 56.7 Å². The van der Waals surface area contributed by atoms with E-state index in [-0.39, 0.29) is 0 Å². The van der Waals surface area contributed by atoms with Crippen molar-refractivity contribution in [2.75, 3.05) is 0 Å². The van der Waals surface area contributed by atoms with Crippen molar-refractivity contribution in [1.29, 1.82) is 0 Å². The monoisotopic (exact) mass is 276 g/mol. The number of hydrogen-bond acceptors (Lipinski definition) is 4. The van der Waals surface area contributed by atoms with Crippen molar-refractivity contribution in [3.05, 3.63) is 41.5 Å². The summed E-state index contributed by atoms with van der Waals surface area (Å²) in [5.74, 6) is 2.52. The lowest BCUT2D eigenvalue weighted by atomic mass is 10.3. The van der Waals surface area contributed by atoms with E-state index in [0.717, 1.165) is 28.4 Å². The van der Waals surface area contributed by atoms with Gasteiger partial charge in [0.05, 0.1) is 12.1 Å². The van der Waals surface area contributed by atoms with E-state index in [0.29, 0.717) is 18.3 Å². The predicted octanol–water partition coefficient (Wildman–Crippen LogP) is 2.82.